The summed E-state index contributed by atoms with van der Waals surface area (Å²) in [5.74, 6) is 0.536. The molecule has 1 aromatic carbocycles. The van der Waals surface area contributed by atoms with Gasteiger partial charge in [0, 0.05) is 12.6 Å². The first-order valence-electron chi connectivity index (χ1n) is 8.73. The highest BCUT2D eigenvalue weighted by Crippen LogP contribution is 2.27. The largest absolute Gasteiger partial charge is 0.492 e. The van der Waals surface area contributed by atoms with Crippen molar-refractivity contribution in [3.8, 4) is 5.75 Å². The van der Waals surface area contributed by atoms with E-state index >= 15 is 0 Å². The van der Waals surface area contributed by atoms with E-state index in [1.165, 1.54) is 12.1 Å². The highest BCUT2D eigenvalue weighted by atomic mass is 79.9. The number of dihydropyridines is 1. The average molecular weight is 446 g/mol. The minimum absolute atomic E-state index is 0.194. The van der Waals surface area contributed by atoms with Crippen molar-refractivity contribution in [2.75, 3.05) is 6.61 Å². The summed E-state index contributed by atoms with van der Waals surface area (Å²) < 4.78 is 21.8. The molecular weight excluding hydrogens is 429 g/mol. The van der Waals surface area contributed by atoms with E-state index in [0.29, 0.717) is 25.4 Å². The fourth-order valence-corrected chi connectivity index (χ4v) is 3.30. The first-order chi connectivity index (χ1) is 13.6. The predicted octanol–water partition coefficient (Wildman–Crippen LogP) is 2.99. The quantitative estimate of drug-likeness (QED) is 0.609. The maximum Gasteiger partial charge on any atom is 0.260 e. The van der Waals surface area contributed by atoms with Crippen LogP contribution in [0.1, 0.15) is 28.6 Å². The van der Waals surface area contributed by atoms with E-state index in [-0.39, 0.29) is 21.8 Å². The molecule has 0 saturated carbocycles. The monoisotopic (exact) mass is 445 g/mol. The molecule has 28 heavy (non-hydrogen) atoms. The maximum absolute atomic E-state index is 14.0. The van der Waals surface area contributed by atoms with Gasteiger partial charge in [-0.25, -0.2) is 4.39 Å². The van der Waals surface area contributed by atoms with E-state index in [2.05, 4.69) is 36.8 Å². The molecule has 1 aromatic heterocycles. The average Bonchev–Trinajstić information content (AvgIpc) is 3.15. The Morgan fingerprint density at radius 3 is 3.11 bits per heavy atom. The minimum atomic E-state index is -0.490. The summed E-state index contributed by atoms with van der Waals surface area (Å²) in [6.45, 7) is 0.927. The molecule has 1 amide bonds. The Hall–Kier alpha value is -2.94. The maximum atomic E-state index is 14.0. The minimum Gasteiger partial charge on any atom is -0.492 e. The van der Waals surface area contributed by atoms with E-state index in [1.54, 1.807) is 12.4 Å². The number of allylic oxidation sites excluding steroid dienone is 3. The molecule has 9 heteroatoms. The van der Waals surface area contributed by atoms with Crippen LogP contribution in [0.2, 0.25) is 0 Å². The van der Waals surface area contributed by atoms with Gasteiger partial charge in [-0.3, -0.25) is 4.79 Å². The number of nitrogens with one attached hydrogen (secondary N) is 2. The van der Waals surface area contributed by atoms with Gasteiger partial charge in [0.05, 0.1) is 16.6 Å². The SMILES string of the molecule is O=C1NC2=CC=CC(N2)c2nncn2C/C=C\CCOc2cc(F)c(Br)cc21. The van der Waals surface area contributed by atoms with E-state index in [4.69, 9.17) is 4.74 Å². The topological polar surface area (TPSA) is 81.1 Å². The summed E-state index contributed by atoms with van der Waals surface area (Å²) in [7, 11) is 0. The third-order valence-electron chi connectivity index (χ3n) is 4.33. The highest BCUT2D eigenvalue weighted by Gasteiger charge is 2.21. The molecule has 2 bridgehead atoms. The second kappa shape index (κ2) is 7.97. The van der Waals surface area contributed by atoms with E-state index < -0.39 is 11.7 Å². The molecule has 0 radical (unpaired) electrons. The van der Waals surface area contributed by atoms with Crippen molar-refractivity contribution >= 4 is 21.8 Å². The number of amides is 1. The molecule has 0 saturated heterocycles. The summed E-state index contributed by atoms with van der Waals surface area (Å²) >= 11 is 3.13. The lowest BCUT2D eigenvalue weighted by molar-refractivity contribution is 0.0958. The van der Waals surface area contributed by atoms with Crippen LogP contribution in [-0.2, 0) is 6.54 Å². The van der Waals surface area contributed by atoms with Crippen molar-refractivity contribution in [2.24, 2.45) is 0 Å². The third-order valence-corrected chi connectivity index (χ3v) is 4.93. The predicted molar refractivity (Wildman–Crippen MR) is 104 cm³/mol. The van der Waals surface area contributed by atoms with Gasteiger partial charge >= 0.3 is 0 Å². The van der Waals surface area contributed by atoms with Crippen LogP contribution in [0.5, 0.6) is 5.75 Å². The molecule has 144 valence electrons. The van der Waals surface area contributed by atoms with Gasteiger partial charge in [-0.05, 0) is 34.5 Å². The molecule has 1 atom stereocenters. The number of aromatic nitrogens is 3. The molecule has 1 unspecified atom stereocenters. The van der Waals surface area contributed by atoms with Gasteiger partial charge < -0.3 is 19.9 Å². The third kappa shape index (κ3) is 3.84. The number of rotatable bonds is 0. The van der Waals surface area contributed by atoms with E-state index in [9.17, 15) is 9.18 Å². The molecule has 4 rings (SSSR count). The van der Waals surface area contributed by atoms with Crippen molar-refractivity contribution in [1.82, 2.24) is 25.4 Å². The van der Waals surface area contributed by atoms with Crippen LogP contribution >= 0.6 is 15.9 Å². The second-order valence-electron chi connectivity index (χ2n) is 6.25. The van der Waals surface area contributed by atoms with E-state index in [1.807, 2.05) is 28.9 Å². The summed E-state index contributed by atoms with van der Waals surface area (Å²) in [6.07, 6.45) is 11.7. The van der Waals surface area contributed by atoms with Gasteiger partial charge in [-0.1, -0.05) is 24.3 Å². The van der Waals surface area contributed by atoms with Gasteiger partial charge in [0.2, 0.25) is 0 Å². The van der Waals surface area contributed by atoms with Crippen LogP contribution in [0, 0.1) is 5.82 Å². The summed E-state index contributed by atoms with van der Waals surface area (Å²) in [4.78, 5) is 12.8. The summed E-state index contributed by atoms with van der Waals surface area (Å²) in [6, 6.07) is 2.39. The number of hydrogen-bond acceptors (Lipinski definition) is 5. The first kappa shape index (κ1) is 18.4. The van der Waals surface area contributed by atoms with Crippen molar-refractivity contribution in [3.05, 3.63) is 76.3 Å². The second-order valence-corrected chi connectivity index (χ2v) is 7.11. The highest BCUT2D eigenvalue weighted by molar-refractivity contribution is 9.10. The number of benzene rings is 1. The molecule has 0 fully saturated rings. The molecule has 2 N–H and O–H groups in total. The van der Waals surface area contributed by atoms with E-state index in [0.717, 1.165) is 5.82 Å². The Bertz CT molecular complexity index is 998. The fourth-order valence-electron chi connectivity index (χ4n) is 2.96. The molecule has 2 aliphatic rings. The number of carbonyl (C=O) groups is 1. The van der Waals surface area contributed by atoms with Crippen molar-refractivity contribution in [2.45, 2.75) is 19.0 Å². The number of ether oxygens (including phenoxy) is 1. The van der Waals surface area contributed by atoms with Crippen LogP contribution in [0.25, 0.3) is 0 Å². The zero-order chi connectivity index (χ0) is 19.5. The Kier molecular flexibility index (Phi) is 5.25. The van der Waals surface area contributed by atoms with Gasteiger partial charge in [0.1, 0.15) is 29.8 Å². The van der Waals surface area contributed by atoms with Crippen LogP contribution in [0.15, 0.2) is 59.1 Å². The Labute approximate surface area is 169 Å². The van der Waals surface area contributed by atoms with Gasteiger partial charge in [0.15, 0.2) is 5.82 Å². The molecule has 0 aliphatic carbocycles. The van der Waals surface area contributed by atoms with Crippen molar-refractivity contribution in [3.63, 3.8) is 0 Å². The summed E-state index contributed by atoms with van der Waals surface area (Å²) in [5, 5.41) is 14.2. The number of halogens is 2. The molecular formula is C19H17BrFN5O2. The lowest BCUT2D eigenvalue weighted by Crippen LogP contribution is -2.35. The zero-order valence-corrected chi connectivity index (χ0v) is 16.3. The van der Waals surface area contributed by atoms with Crippen LogP contribution in [0.4, 0.5) is 4.39 Å². The number of carbonyl (C=O) groups excluding carboxylic acids is 1. The smallest absolute Gasteiger partial charge is 0.260 e. The van der Waals surface area contributed by atoms with Gasteiger partial charge in [-0.15, -0.1) is 10.2 Å². The van der Waals surface area contributed by atoms with Crippen LogP contribution in [-0.4, -0.2) is 27.3 Å². The normalized spacial score (nSPS) is 20.3. The molecule has 2 aliphatic heterocycles. The Balaban J connectivity index is 1.68. The number of fused-ring (bicyclic) bond motifs is 5. The van der Waals surface area contributed by atoms with Gasteiger partial charge in [0.25, 0.3) is 5.91 Å². The Morgan fingerprint density at radius 1 is 1.32 bits per heavy atom. The van der Waals surface area contributed by atoms with Crippen LogP contribution < -0.4 is 15.4 Å². The molecule has 2 aromatic rings. The molecule has 0 spiro atoms. The summed E-state index contributed by atoms with van der Waals surface area (Å²) in [5.41, 5.74) is 0.240. The Morgan fingerprint density at radius 2 is 2.21 bits per heavy atom. The lowest BCUT2D eigenvalue weighted by atomic mass is 10.1. The van der Waals surface area contributed by atoms with Crippen molar-refractivity contribution < 1.29 is 13.9 Å². The van der Waals surface area contributed by atoms with Gasteiger partial charge in [-0.2, -0.15) is 0 Å². The molecule has 3 heterocycles. The molecule has 7 nitrogen and oxygen atoms in total. The number of hydrogen-bond donors (Lipinski definition) is 2. The standard InChI is InChI=1S/C19H17BrFN5O2/c20-13-9-12-16(10-14(13)21)28-8-3-1-2-7-26-11-22-25-18(26)15-5-4-6-17(23-15)24-19(12)27/h1-2,4-6,9-11,15,23H,3,7-8H2,(H,24,27)/b2-1-. The zero-order valence-electron chi connectivity index (χ0n) is 14.7. The fraction of sp³-hybridized carbons (Fsp3) is 0.211. The van der Waals surface area contributed by atoms with Crippen LogP contribution in [0.3, 0.4) is 0 Å². The number of nitrogens with zero attached hydrogens (tertiary/aromatic N) is 3. The van der Waals surface area contributed by atoms with Crippen molar-refractivity contribution in [1.29, 1.82) is 0 Å². The lowest BCUT2D eigenvalue weighted by Gasteiger charge is -2.22. The first-order valence-corrected chi connectivity index (χ1v) is 9.52.